The van der Waals surface area contributed by atoms with Gasteiger partial charge in [0.1, 0.15) is 17.1 Å². The van der Waals surface area contributed by atoms with E-state index >= 15 is 0 Å². The summed E-state index contributed by atoms with van der Waals surface area (Å²) in [5.74, 6) is 0.267. The summed E-state index contributed by atoms with van der Waals surface area (Å²) in [4.78, 5) is 14.8. The van der Waals surface area contributed by atoms with Crippen LogP contribution in [0.3, 0.4) is 0 Å². The Morgan fingerprint density at radius 3 is 2.75 bits per heavy atom. The molecule has 0 aliphatic heterocycles. The van der Waals surface area contributed by atoms with E-state index in [4.69, 9.17) is 4.74 Å². The van der Waals surface area contributed by atoms with Crippen LogP contribution in [0.4, 0.5) is 4.39 Å². The summed E-state index contributed by atoms with van der Waals surface area (Å²) in [7, 11) is 1.54. The van der Waals surface area contributed by atoms with Gasteiger partial charge in [0.2, 0.25) is 0 Å². The first-order valence-electron chi connectivity index (χ1n) is 6.19. The second kappa shape index (κ2) is 4.85. The molecule has 0 saturated carbocycles. The smallest absolute Gasteiger partial charge is 0.326 e. The van der Waals surface area contributed by atoms with Crippen LogP contribution in [0.25, 0.3) is 11.0 Å². The Balaban J connectivity index is 2.15. The average molecular weight is 272 g/mol. The molecule has 4 nitrogen and oxygen atoms in total. The van der Waals surface area contributed by atoms with Crippen molar-refractivity contribution in [1.82, 2.24) is 9.55 Å². The quantitative estimate of drug-likeness (QED) is 0.796. The van der Waals surface area contributed by atoms with Crippen LogP contribution in [-0.2, 0) is 6.54 Å². The molecule has 1 N–H and O–H groups in total. The molecule has 0 bridgehead atoms. The maximum atomic E-state index is 13.7. The maximum absolute atomic E-state index is 13.7. The van der Waals surface area contributed by atoms with E-state index in [1.54, 1.807) is 43.5 Å². The lowest BCUT2D eigenvalue weighted by atomic mass is 10.2. The van der Waals surface area contributed by atoms with Gasteiger partial charge in [-0.3, -0.25) is 4.57 Å². The highest BCUT2D eigenvalue weighted by Gasteiger charge is 2.12. The predicted molar refractivity (Wildman–Crippen MR) is 74.6 cm³/mol. The van der Waals surface area contributed by atoms with Crippen LogP contribution >= 0.6 is 0 Å². The summed E-state index contributed by atoms with van der Waals surface area (Å²) < 4.78 is 20.4. The maximum Gasteiger partial charge on any atom is 0.326 e. The van der Waals surface area contributed by atoms with Gasteiger partial charge in [0, 0.05) is 5.56 Å². The summed E-state index contributed by atoms with van der Waals surface area (Å²) in [6.07, 6.45) is 0. The highest BCUT2D eigenvalue weighted by atomic mass is 19.1. The van der Waals surface area contributed by atoms with Crippen molar-refractivity contribution in [2.24, 2.45) is 0 Å². The number of aromatic amines is 1. The van der Waals surface area contributed by atoms with Crippen LogP contribution in [0.15, 0.2) is 47.3 Å². The van der Waals surface area contributed by atoms with Gasteiger partial charge < -0.3 is 9.72 Å². The van der Waals surface area contributed by atoms with Gasteiger partial charge in [-0.25, -0.2) is 9.18 Å². The topological polar surface area (TPSA) is 47.0 Å². The number of hydrogen-bond acceptors (Lipinski definition) is 2. The van der Waals surface area contributed by atoms with Crippen LogP contribution < -0.4 is 10.4 Å². The lowest BCUT2D eigenvalue weighted by Crippen LogP contribution is -2.17. The van der Waals surface area contributed by atoms with E-state index < -0.39 is 0 Å². The molecule has 5 heteroatoms. The number of nitrogens with one attached hydrogen (secondary N) is 1. The molecule has 2 aromatic carbocycles. The highest BCUT2D eigenvalue weighted by Crippen LogP contribution is 2.22. The Morgan fingerprint density at radius 2 is 2.00 bits per heavy atom. The van der Waals surface area contributed by atoms with Crippen molar-refractivity contribution in [1.29, 1.82) is 0 Å². The number of hydrogen-bond donors (Lipinski definition) is 1. The lowest BCUT2D eigenvalue weighted by molar-refractivity contribution is 0.419. The van der Waals surface area contributed by atoms with E-state index in [-0.39, 0.29) is 18.1 Å². The monoisotopic (exact) mass is 272 g/mol. The SMILES string of the molecule is COc1cccc2c1[nH]c(=O)n2Cc1ccccc1F. The largest absolute Gasteiger partial charge is 0.494 e. The minimum absolute atomic E-state index is 0.179. The normalized spacial score (nSPS) is 10.9. The molecule has 0 radical (unpaired) electrons. The van der Waals surface area contributed by atoms with Crippen LogP contribution in [0, 0.1) is 5.82 Å². The van der Waals surface area contributed by atoms with Crippen LogP contribution in [0.5, 0.6) is 5.75 Å². The molecule has 0 aliphatic carbocycles. The van der Waals surface area contributed by atoms with Crippen molar-refractivity contribution in [2.75, 3.05) is 7.11 Å². The number of fused-ring (bicyclic) bond motifs is 1. The van der Waals surface area contributed by atoms with Crippen LogP contribution in [0.2, 0.25) is 0 Å². The van der Waals surface area contributed by atoms with Crippen molar-refractivity contribution in [2.45, 2.75) is 6.54 Å². The molecule has 0 saturated heterocycles. The predicted octanol–water partition coefficient (Wildman–Crippen LogP) is 2.53. The summed E-state index contributed by atoms with van der Waals surface area (Å²) >= 11 is 0. The summed E-state index contributed by atoms with van der Waals surface area (Å²) in [5, 5.41) is 0. The van der Waals surface area contributed by atoms with E-state index in [2.05, 4.69) is 4.98 Å². The van der Waals surface area contributed by atoms with Crippen LogP contribution in [0.1, 0.15) is 5.56 Å². The minimum atomic E-state index is -0.323. The zero-order valence-corrected chi connectivity index (χ0v) is 10.9. The molecule has 0 unspecified atom stereocenters. The average Bonchev–Trinajstić information content (AvgIpc) is 2.77. The third-order valence-electron chi connectivity index (χ3n) is 3.28. The Bertz CT molecular complexity index is 820. The van der Waals surface area contributed by atoms with Gasteiger partial charge >= 0.3 is 5.69 Å². The van der Waals surface area contributed by atoms with Gasteiger partial charge in [-0.15, -0.1) is 0 Å². The second-order valence-electron chi connectivity index (χ2n) is 4.46. The van der Waals surface area contributed by atoms with Crippen molar-refractivity contribution < 1.29 is 9.13 Å². The van der Waals surface area contributed by atoms with Gasteiger partial charge in [0.15, 0.2) is 0 Å². The van der Waals surface area contributed by atoms with Crippen molar-refractivity contribution in [3.63, 3.8) is 0 Å². The number of benzene rings is 2. The number of halogens is 1. The number of H-pyrrole nitrogens is 1. The van der Waals surface area contributed by atoms with Crippen LogP contribution in [-0.4, -0.2) is 16.7 Å². The molecule has 20 heavy (non-hydrogen) atoms. The van der Waals surface area contributed by atoms with Gasteiger partial charge in [-0.05, 0) is 18.2 Å². The van der Waals surface area contributed by atoms with Gasteiger partial charge in [0.05, 0.1) is 19.2 Å². The molecular weight excluding hydrogens is 259 g/mol. The number of para-hydroxylation sites is 1. The fraction of sp³-hybridized carbons (Fsp3) is 0.133. The van der Waals surface area contributed by atoms with Crippen molar-refractivity contribution in [3.8, 4) is 5.75 Å². The van der Waals surface area contributed by atoms with E-state index in [1.807, 2.05) is 0 Å². The molecule has 0 amide bonds. The Hall–Kier alpha value is -2.56. The Kier molecular flexibility index (Phi) is 3.02. The van der Waals surface area contributed by atoms with Gasteiger partial charge in [-0.1, -0.05) is 24.3 Å². The minimum Gasteiger partial charge on any atom is -0.494 e. The molecular formula is C15H13FN2O2. The second-order valence-corrected chi connectivity index (χ2v) is 4.46. The van der Waals surface area contributed by atoms with E-state index in [0.29, 0.717) is 22.3 Å². The number of aromatic nitrogens is 2. The Morgan fingerprint density at radius 1 is 1.20 bits per heavy atom. The molecule has 0 aliphatic rings. The first-order chi connectivity index (χ1) is 9.70. The van der Waals surface area contributed by atoms with Gasteiger partial charge in [0.25, 0.3) is 0 Å². The number of nitrogens with zero attached hydrogens (tertiary/aromatic N) is 1. The Labute approximate surface area is 114 Å². The molecule has 1 aromatic heterocycles. The fourth-order valence-corrected chi connectivity index (χ4v) is 2.28. The standard InChI is InChI=1S/C15H13FN2O2/c1-20-13-8-4-7-12-14(13)17-15(19)18(12)9-10-5-2-3-6-11(10)16/h2-8H,9H2,1H3,(H,17,19). The first kappa shape index (κ1) is 12.5. The van der Waals surface area contributed by atoms with E-state index in [9.17, 15) is 9.18 Å². The number of rotatable bonds is 3. The molecule has 3 rings (SSSR count). The number of ether oxygens (including phenoxy) is 1. The molecule has 0 atom stereocenters. The summed E-state index contributed by atoms with van der Waals surface area (Å²) in [6.45, 7) is 0.179. The fourth-order valence-electron chi connectivity index (χ4n) is 2.28. The molecule has 0 fully saturated rings. The molecule has 102 valence electrons. The molecule has 0 spiro atoms. The first-order valence-corrected chi connectivity index (χ1v) is 6.19. The van der Waals surface area contributed by atoms with Gasteiger partial charge in [-0.2, -0.15) is 0 Å². The molecule has 1 heterocycles. The van der Waals surface area contributed by atoms with Crippen molar-refractivity contribution >= 4 is 11.0 Å². The number of imidazole rings is 1. The molecule has 3 aromatic rings. The zero-order valence-electron chi connectivity index (χ0n) is 10.9. The highest BCUT2D eigenvalue weighted by molar-refractivity contribution is 5.81. The van der Waals surface area contributed by atoms with E-state index in [0.717, 1.165) is 0 Å². The third kappa shape index (κ3) is 1.97. The van der Waals surface area contributed by atoms with E-state index in [1.165, 1.54) is 10.6 Å². The number of methoxy groups -OCH3 is 1. The summed E-state index contributed by atoms with van der Waals surface area (Å²) in [6, 6.07) is 11.8. The van der Waals surface area contributed by atoms with Crippen molar-refractivity contribution in [3.05, 3.63) is 64.3 Å². The third-order valence-corrected chi connectivity index (χ3v) is 3.28. The lowest BCUT2D eigenvalue weighted by Gasteiger charge is -2.05. The zero-order chi connectivity index (χ0) is 14.1. The summed E-state index contributed by atoms with van der Waals surface area (Å²) in [5.41, 5.74) is 1.50.